The van der Waals surface area contributed by atoms with Crippen molar-refractivity contribution in [3.05, 3.63) is 34.8 Å². The van der Waals surface area contributed by atoms with Gasteiger partial charge in [-0.15, -0.1) is 11.3 Å². The number of aromatic nitrogens is 1. The molecule has 0 bridgehead atoms. The van der Waals surface area contributed by atoms with E-state index in [1.165, 1.54) is 29.7 Å². The van der Waals surface area contributed by atoms with Crippen molar-refractivity contribution in [1.29, 1.82) is 0 Å². The van der Waals surface area contributed by atoms with Gasteiger partial charge in [-0.1, -0.05) is 0 Å². The molecule has 2 N–H and O–H groups in total. The maximum Gasteiger partial charge on any atom is 0.123 e. The van der Waals surface area contributed by atoms with Gasteiger partial charge in [-0.05, 0) is 36.6 Å². The van der Waals surface area contributed by atoms with Crippen molar-refractivity contribution < 1.29 is 0 Å². The molecule has 0 spiro atoms. The van der Waals surface area contributed by atoms with Crippen molar-refractivity contribution in [2.24, 2.45) is 5.73 Å². The highest BCUT2D eigenvalue weighted by molar-refractivity contribution is 7.15. The molecule has 0 saturated heterocycles. The molecule has 1 aromatic carbocycles. The van der Waals surface area contributed by atoms with Crippen LogP contribution >= 0.6 is 11.3 Å². The molecule has 18 heavy (non-hydrogen) atoms. The largest absolute Gasteiger partial charge is 0.374 e. The van der Waals surface area contributed by atoms with Crippen LogP contribution in [0.2, 0.25) is 0 Å². The van der Waals surface area contributed by atoms with Gasteiger partial charge < -0.3 is 10.6 Å². The van der Waals surface area contributed by atoms with E-state index in [0.29, 0.717) is 6.54 Å². The van der Waals surface area contributed by atoms with E-state index in [1.807, 2.05) is 6.20 Å². The van der Waals surface area contributed by atoms with Gasteiger partial charge >= 0.3 is 0 Å². The van der Waals surface area contributed by atoms with Gasteiger partial charge in [-0.2, -0.15) is 0 Å². The van der Waals surface area contributed by atoms with Crippen molar-refractivity contribution in [2.75, 3.05) is 18.5 Å². The molecule has 1 aliphatic heterocycles. The van der Waals surface area contributed by atoms with Crippen LogP contribution in [-0.2, 0) is 13.0 Å². The Hall–Kier alpha value is -1.39. The average Bonchev–Trinajstić information content (AvgIpc) is 2.87. The summed E-state index contributed by atoms with van der Waals surface area (Å²) >= 11 is 1.69. The average molecular weight is 259 g/mol. The summed E-state index contributed by atoms with van der Waals surface area (Å²) in [4.78, 5) is 7.92. The highest BCUT2D eigenvalue weighted by Crippen LogP contribution is 2.32. The van der Waals surface area contributed by atoms with Crippen molar-refractivity contribution in [3.63, 3.8) is 0 Å². The Morgan fingerprint density at radius 2 is 2.33 bits per heavy atom. The third kappa shape index (κ3) is 2.02. The van der Waals surface area contributed by atoms with Gasteiger partial charge in [0.15, 0.2) is 0 Å². The van der Waals surface area contributed by atoms with Crippen LogP contribution in [0.5, 0.6) is 0 Å². The fourth-order valence-electron chi connectivity index (χ4n) is 2.45. The predicted octanol–water partition coefficient (Wildman–Crippen LogP) is 2.65. The minimum atomic E-state index is 0.575. The van der Waals surface area contributed by atoms with Crippen LogP contribution < -0.4 is 10.6 Å². The summed E-state index contributed by atoms with van der Waals surface area (Å²) in [6, 6.07) is 6.66. The summed E-state index contributed by atoms with van der Waals surface area (Å²) in [5.41, 5.74) is 9.65. The number of nitrogens with zero attached hydrogens (tertiary/aromatic N) is 2. The summed E-state index contributed by atoms with van der Waals surface area (Å²) < 4.78 is 0. The second-order valence-electron chi connectivity index (χ2n) is 4.70. The van der Waals surface area contributed by atoms with E-state index in [4.69, 9.17) is 5.73 Å². The molecular formula is C14H17N3S. The molecule has 0 radical (unpaired) electrons. The molecular weight excluding hydrogens is 242 g/mol. The molecule has 0 aliphatic carbocycles. The zero-order valence-corrected chi connectivity index (χ0v) is 11.3. The third-order valence-electron chi connectivity index (χ3n) is 3.43. The Bertz CT molecular complexity index is 562. The lowest BCUT2D eigenvalue weighted by atomic mass is 10.00. The van der Waals surface area contributed by atoms with Crippen LogP contribution in [0.1, 0.15) is 16.9 Å². The van der Waals surface area contributed by atoms with Crippen LogP contribution in [0.4, 0.5) is 5.69 Å². The Labute approximate surface area is 111 Å². The summed E-state index contributed by atoms with van der Waals surface area (Å²) in [6.07, 6.45) is 4.28. The number of nitrogens with two attached hydrogens (primary N) is 1. The number of hydrogen-bond acceptors (Lipinski definition) is 4. The first-order valence-electron chi connectivity index (χ1n) is 6.27. The first-order valence-corrected chi connectivity index (χ1v) is 7.09. The maximum atomic E-state index is 5.63. The Morgan fingerprint density at radius 1 is 1.44 bits per heavy atom. The molecule has 2 heterocycles. The summed E-state index contributed by atoms with van der Waals surface area (Å²) in [7, 11) is 2.16. The van der Waals surface area contributed by atoms with Crippen molar-refractivity contribution >= 4 is 17.0 Å². The fourth-order valence-corrected chi connectivity index (χ4v) is 3.24. The summed E-state index contributed by atoms with van der Waals surface area (Å²) in [5.74, 6) is 0. The number of aryl methyl sites for hydroxylation is 1. The number of benzene rings is 1. The number of thiazole rings is 1. The third-order valence-corrected chi connectivity index (χ3v) is 4.50. The SMILES string of the molecule is CN1CCCc2cc(-c3ncc(CN)s3)ccc21. The molecule has 0 unspecified atom stereocenters. The van der Waals surface area contributed by atoms with Gasteiger partial charge in [-0.25, -0.2) is 4.98 Å². The van der Waals surface area contributed by atoms with Crippen LogP contribution in [0.25, 0.3) is 10.6 Å². The van der Waals surface area contributed by atoms with E-state index in [-0.39, 0.29) is 0 Å². The van der Waals surface area contributed by atoms with Crippen LogP contribution in [0, 0.1) is 0 Å². The van der Waals surface area contributed by atoms with Crippen LogP contribution in [0.15, 0.2) is 24.4 Å². The van der Waals surface area contributed by atoms with E-state index in [2.05, 4.69) is 35.1 Å². The van der Waals surface area contributed by atoms with E-state index in [9.17, 15) is 0 Å². The Balaban J connectivity index is 1.99. The molecule has 0 amide bonds. The highest BCUT2D eigenvalue weighted by atomic mass is 32.1. The lowest BCUT2D eigenvalue weighted by molar-refractivity contribution is 0.745. The van der Waals surface area contributed by atoms with Crippen LogP contribution in [-0.4, -0.2) is 18.6 Å². The maximum absolute atomic E-state index is 5.63. The highest BCUT2D eigenvalue weighted by Gasteiger charge is 2.15. The number of fused-ring (bicyclic) bond motifs is 1. The van der Waals surface area contributed by atoms with Gasteiger partial charge in [0.05, 0.1) is 0 Å². The van der Waals surface area contributed by atoms with Crippen molar-refractivity contribution in [3.8, 4) is 10.6 Å². The van der Waals surface area contributed by atoms with Gasteiger partial charge in [0.1, 0.15) is 5.01 Å². The normalized spacial score (nSPS) is 14.7. The molecule has 3 nitrogen and oxygen atoms in total. The lowest BCUT2D eigenvalue weighted by Gasteiger charge is -2.27. The molecule has 4 heteroatoms. The van der Waals surface area contributed by atoms with E-state index >= 15 is 0 Å². The second kappa shape index (κ2) is 4.71. The van der Waals surface area contributed by atoms with E-state index in [1.54, 1.807) is 11.3 Å². The van der Waals surface area contributed by atoms with Gasteiger partial charge in [0.2, 0.25) is 0 Å². The first kappa shape index (κ1) is 11.7. The molecule has 0 atom stereocenters. The summed E-state index contributed by atoms with van der Waals surface area (Å²) in [6.45, 7) is 1.73. The molecule has 94 valence electrons. The van der Waals surface area contributed by atoms with E-state index < -0.39 is 0 Å². The molecule has 1 aliphatic rings. The van der Waals surface area contributed by atoms with Crippen LogP contribution in [0.3, 0.4) is 0 Å². The molecule has 0 saturated carbocycles. The summed E-state index contributed by atoms with van der Waals surface area (Å²) in [5, 5.41) is 1.08. The van der Waals surface area contributed by atoms with Gasteiger partial charge in [-0.3, -0.25) is 0 Å². The fraction of sp³-hybridized carbons (Fsp3) is 0.357. The van der Waals surface area contributed by atoms with Gasteiger partial charge in [0.25, 0.3) is 0 Å². The number of anilines is 1. The zero-order valence-electron chi connectivity index (χ0n) is 10.5. The minimum Gasteiger partial charge on any atom is -0.374 e. The first-order chi connectivity index (χ1) is 8.78. The molecule has 0 fully saturated rings. The van der Waals surface area contributed by atoms with Gasteiger partial charge in [0, 0.05) is 42.5 Å². The van der Waals surface area contributed by atoms with E-state index in [0.717, 1.165) is 16.4 Å². The van der Waals surface area contributed by atoms with Crippen molar-refractivity contribution in [1.82, 2.24) is 4.98 Å². The second-order valence-corrected chi connectivity index (χ2v) is 5.82. The standard InChI is InChI=1S/C14H17N3S/c1-17-6-2-3-10-7-11(4-5-13(10)17)14-16-9-12(8-15)18-14/h4-5,7,9H,2-3,6,8,15H2,1H3. The molecule has 3 rings (SSSR count). The molecule has 2 aromatic rings. The predicted molar refractivity (Wildman–Crippen MR) is 77.0 cm³/mol. The zero-order chi connectivity index (χ0) is 12.5. The minimum absolute atomic E-state index is 0.575. The smallest absolute Gasteiger partial charge is 0.123 e. The topological polar surface area (TPSA) is 42.2 Å². The Kier molecular flexibility index (Phi) is 3.06. The lowest BCUT2D eigenvalue weighted by Crippen LogP contribution is -2.24. The Morgan fingerprint density at radius 3 is 3.11 bits per heavy atom. The molecule has 1 aromatic heterocycles. The number of rotatable bonds is 2. The van der Waals surface area contributed by atoms with Crippen molar-refractivity contribution in [2.45, 2.75) is 19.4 Å². The monoisotopic (exact) mass is 259 g/mol. The quantitative estimate of drug-likeness (QED) is 0.901. The number of hydrogen-bond donors (Lipinski definition) is 1.